The molecule has 4 heteroatoms. The third-order valence-electron chi connectivity index (χ3n) is 4.70. The van der Waals surface area contributed by atoms with Crippen molar-refractivity contribution in [1.82, 2.24) is 4.90 Å². The normalized spacial score (nSPS) is 26.3. The highest BCUT2D eigenvalue weighted by atomic mass is 35.5. The van der Waals surface area contributed by atoms with Crippen molar-refractivity contribution in [2.75, 3.05) is 13.1 Å². The second-order valence-corrected chi connectivity index (χ2v) is 7.11. The molecule has 1 aromatic carbocycles. The van der Waals surface area contributed by atoms with Crippen molar-refractivity contribution in [3.63, 3.8) is 0 Å². The summed E-state index contributed by atoms with van der Waals surface area (Å²) in [5.41, 5.74) is 1.01. The highest BCUT2D eigenvalue weighted by Gasteiger charge is 2.38. The van der Waals surface area contributed by atoms with E-state index in [1.54, 1.807) is 6.07 Å². The summed E-state index contributed by atoms with van der Waals surface area (Å²) in [5.74, 6) is 0.475. The van der Waals surface area contributed by atoms with Crippen LogP contribution in [0.5, 0.6) is 0 Å². The van der Waals surface area contributed by atoms with Gasteiger partial charge in [-0.15, -0.1) is 0 Å². The number of morpholine rings is 1. The van der Waals surface area contributed by atoms with E-state index in [-0.39, 0.29) is 5.82 Å². The molecule has 1 heterocycles. The molecule has 0 aromatic heterocycles. The van der Waals surface area contributed by atoms with Crippen molar-refractivity contribution >= 4 is 11.6 Å². The standard InChI is InChI=1S/C18H25ClFNO/c1-2-3-4-16-11-21(12-18(22-16)13-5-6-13)10-14-7-8-15(20)9-17(14)19/h7-9,13,16,18H,2-6,10-12H2,1H3/t16-,18-/m1/s1. The van der Waals surface area contributed by atoms with Crippen LogP contribution in [0.3, 0.4) is 0 Å². The fourth-order valence-electron chi connectivity index (χ4n) is 3.29. The Kier molecular flexibility index (Phi) is 5.37. The van der Waals surface area contributed by atoms with Gasteiger partial charge in [0.25, 0.3) is 0 Å². The van der Waals surface area contributed by atoms with Crippen LogP contribution >= 0.6 is 11.6 Å². The predicted molar refractivity (Wildman–Crippen MR) is 87.6 cm³/mol. The third-order valence-corrected chi connectivity index (χ3v) is 5.06. The van der Waals surface area contributed by atoms with Crippen molar-refractivity contribution in [2.24, 2.45) is 5.92 Å². The first-order valence-corrected chi connectivity index (χ1v) is 8.85. The minimum absolute atomic E-state index is 0.271. The molecule has 122 valence electrons. The van der Waals surface area contributed by atoms with Gasteiger partial charge in [0.15, 0.2) is 0 Å². The van der Waals surface area contributed by atoms with Crippen molar-refractivity contribution in [3.05, 3.63) is 34.6 Å². The number of hydrogen-bond acceptors (Lipinski definition) is 2. The first-order valence-electron chi connectivity index (χ1n) is 8.47. The molecule has 1 saturated heterocycles. The molecule has 1 aliphatic heterocycles. The van der Waals surface area contributed by atoms with Crippen LogP contribution in [-0.4, -0.2) is 30.2 Å². The highest BCUT2D eigenvalue weighted by molar-refractivity contribution is 6.31. The number of halogens is 2. The minimum Gasteiger partial charge on any atom is -0.372 e. The number of ether oxygens (including phenoxy) is 1. The first kappa shape index (κ1) is 16.2. The zero-order chi connectivity index (χ0) is 15.5. The first-order chi connectivity index (χ1) is 10.7. The number of rotatable bonds is 6. The molecule has 2 aliphatic rings. The van der Waals surface area contributed by atoms with Crippen LogP contribution in [0, 0.1) is 11.7 Å². The van der Waals surface area contributed by atoms with Crippen molar-refractivity contribution in [2.45, 2.75) is 57.8 Å². The van der Waals surface area contributed by atoms with Gasteiger partial charge in [-0.1, -0.05) is 37.4 Å². The fraction of sp³-hybridized carbons (Fsp3) is 0.667. The van der Waals surface area contributed by atoms with E-state index in [9.17, 15) is 4.39 Å². The SMILES string of the molecule is CCCC[C@@H]1CN(Cc2ccc(F)cc2Cl)C[C@H](C2CC2)O1. The molecule has 0 radical (unpaired) electrons. The second kappa shape index (κ2) is 7.29. The summed E-state index contributed by atoms with van der Waals surface area (Å²) in [6.45, 7) is 4.93. The summed E-state index contributed by atoms with van der Waals surface area (Å²) in [7, 11) is 0. The molecule has 2 atom stereocenters. The predicted octanol–water partition coefficient (Wildman–Crippen LogP) is 4.65. The monoisotopic (exact) mass is 325 g/mol. The van der Waals surface area contributed by atoms with Crippen molar-refractivity contribution in [3.8, 4) is 0 Å². The molecule has 0 amide bonds. The zero-order valence-corrected chi connectivity index (χ0v) is 14.0. The third kappa shape index (κ3) is 4.21. The van der Waals surface area contributed by atoms with Crippen LogP contribution < -0.4 is 0 Å². The molecule has 0 N–H and O–H groups in total. The van der Waals surface area contributed by atoms with E-state index < -0.39 is 0 Å². The van der Waals surface area contributed by atoms with E-state index in [1.165, 1.54) is 37.8 Å². The molecular weight excluding hydrogens is 301 g/mol. The van der Waals surface area contributed by atoms with Gasteiger partial charge in [0, 0.05) is 24.7 Å². The maximum Gasteiger partial charge on any atom is 0.124 e. The lowest BCUT2D eigenvalue weighted by Crippen LogP contribution is -2.48. The molecule has 2 nitrogen and oxygen atoms in total. The van der Waals surface area contributed by atoms with Crippen LogP contribution in [0.1, 0.15) is 44.6 Å². The van der Waals surface area contributed by atoms with Gasteiger partial charge in [-0.3, -0.25) is 4.90 Å². The van der Waals surface area contributed by atoms with Gasteiger partial charge in [-0.05, 0) is 42.9 Å². The second-order valence-electron chi connectivity index (χ2n) is 6.71. The Labute approximate surface area is 137 Å². The van der Waals surface area contributed by atoms with E-state index in [1.807, 2.05) is 0 Å². The van der Waals surface area contributed by atoms with Crippen molar-refractivity contribution in [1.29, 1.82) is 0 Å². The summed E-state index contributed by atoms with van der Waals surface area (Å²) in [5, 5.41) is 0.527. The average molecular weight is 326 g/mol. The number of nitrogens with zero attached hydrogens (tertiary/aromatic N) is 1. The Morgan fingerprint density at radius 3 is 2.82 bits per heavy atom. The molecule has 1 aromatic rings. The van der Waals surface area contributed by atoms with E-state index in [4.69, 9.17) is 16.3 Å². The summed E-state index contributed by atoms with van der Waals surface area (Å²) < 4.78 is 19.5. The van der Waals surface area contributed by atoms with Crippen LogP contribution in [0.2, 0.25) is 5.02 Å². The summed E-state index contributed by atoms with van der Waals surface area (Å²) >= 11 is 6.18. The maximum atomic E-state index is 13.2. The lowest BCUT2D eigenvalue weighted by atomic mass is 10.1. The highest BCUT2D eigenvalue weighted by Crippen LogP contribution is 2.37. The van der Waals surface area contributed by atoms with Gasteiger partial charge in [-0.2, -0.15) is 0 Å². The zero-order valence-electron chi connectivity index (χ0n) is 13.2. The van der Waals surface area contributed by atoms with E-state index in [2.05, 4.69) is 11.8 Å². The number of unbranched alkanes of at least 4 members (excludes halogenated alkanes) is 1. The fourth-order valence-corrected chi connectivity index (χ4v) is 3.52. The van der Waals surface area contributed by atoms with Gasteiger partial charge in [-0.25, -0.2) is 4.39 Å². The molecule has 0 unspecified atom stereocenters. The van der Waals surface area contributed by atoms with Crippen molar-refractivity contribution < 1.29 is 9.13 Å². The summed E-state index contributed by atoms with van der Waals surface area (Å²) in [4.78, 5) is 2.44. The largest absolute Gasteiger partial charge is 0.372 e. The van der Waals surface area contributed by atoms with Crippen LogP contribution in [0.4, 0.5) is 4.39 Å². The molecule has 2 fully saturated rings. The summed E-state index contributed by atoms with van der Waals surface area (Å²) in [6, 6.07) is 4.71. The van der Waals surface area contributed by atoms with Gasteiger partial charge in [0.1, 0.15) is 5.82 Å². The van der Waals surface area contributed by atoms with Gasteiger partial charge in [0.05, 0.1) is 12.2 Å². The molecule has 0 bridgehead atoms. The van der Waals surface area contributed by atoms with E-state index in [0.29, 0.717) is 17.2 Å². The van der Waals surface area contributed by atoms with E-state index in [0.717, 1.165) is 37.5 Å². The maximum absolute atomic E-state index is 13.2. The topological polar surface area (TPSA) is 12.5 Å². The molecule has 1 aliphatic carbocycles. The average Bonchev–Trinajstić information content (AvgIpc) is 3.33. The molecule has 22 heavy (non-hydrogen) atoms. The summed E-state index contributed by atoms with van der Waals surface area (Å²) in [6.07, 6.45) is 6.86. The Morgan fingerprint density at radius 1 is 1.32 bits per heavy atom. The lowest BCUT2D eigenvalue weighted by molar-refractivity contribution is -0.0993. The van der Waals surface area contributed by atoms with Crippen LogP contribution in [0.25, 0.3) is 0 Å². The van der Waals surface area contributed by atoms with Gasteiger partial charge < -0.3 is 4.74 Å². The Hall–Kier alpha value is -0.640. The Balaban J connectivity index is 1.65. The Morgan fingerprint density at radius 2 is 2.14 bits per heavy atom. The lowest BCUT2D eigenvalue weighted by Gasteiger charge is -2.38. The molecule has 0 spiro atoms. The minimum atomic E-state index is -0.271. The Bertz CT molecular complexity index is 506. The van der Waals surface area contributed by atoms with Gasteiger partial charge >= 0.3 is 0 Å². The van der Waals surface area contributed by atoms with Crippen LogP contribution in [0.15, 0.2) is 18.2 Å². The smallest absolute Gasteiger partial charge is 0.124 e. The van der Waals surface area contributed by atoms with Crippen LogP contribution in [-0.2, 0) is 11.3 Å². The quantitative estimate of drug-likeness (QED) is 0.755. The van der Waals surface area contributed by atoms with E-state index >= 15 is 0 Å². The van der Waals surface area contributed by atoms with Gasteiger partial charge in [0.2, 0.25) is 0 Å². The number of hydrogen-bond donors (Lipinski definition) is 0. The number of benzene rings is 1. The molecule has 3 rings (SSSR count). The molecular formula is C18H25ClFNO. The molecule has 1 saturated carbocycles.